The van der Waals surface area contributed by atoms with Gasteiger partial charge in [-0.1, -0.05) is 64.0 Å². The lowest BCUT2D eigenvalue weighted by Gasteiger charge is -2.41. The van der Waals surface area contributed by atoms with E-state index in [2.05, 4.69) is 55.7 Å². The Hall–Kier alpha value is -3.41. The Morgan fingerprint density at radius 3 is 2.39 bits per heavy atom. The van der Waals surface area contributed by atoms with Gasteiger partial charge in [-0.3, -0.25) is 9.59 Å². The van der Waals surface area contributed by atoms with E-state index in [9.17, 15) is 14.0 Å². The largest absolute Gasteiger partial charge is 0.382 e. The van der Waals surface area contributed by atoms with Crippen molar-refractivity contribution in [1.29, 1.82) is 0 Å². The number of hydrogen-bond donors (Lipinski definition) is 2. The van der Waals surface area contributed by atoms with Gasteiger partial charge in [0.25, 0.3) is 5.91 Å². The molecule has 3 aliphatic rings. The van der Waals surface area contributed by atoms with Crippen LogP contribution in [0.15, 0.2) is 65.9 Å². The van der Waals surface area contributed by atoms with E-state index in [0.717, 1.165) is 29.8 Å². The first-order chi connectivity index (χ1) is 19.6. The minimum Gasteiger partial charge on any atom is -0.382 e. The summed E-state index contributed by atoms with van der Waals surface area (Å²) in [4.78, 5) is 29.6. The summed E-state index contributed by atoms with van der Waals surface area (Å²) in [7, 11) is 0. The number of aryl methyl sites for hydroxylation is 1. The number of hydrogen-bond acceptors (Lipinski definition) is 3. The highest BCUT2D eigenvalue weighted by molar-refractivity contribution is 5.97. The number of likely N-dealkylation sites (tertiary alicyclic amines) is 1. The summed E-state index contributed by atoms with van der Waals surface area (Å²) < 4.78 is 15.0. The fraction of sp³-hybridized carbons (Fsp3) is 0.486. The monoisotopic (exact) mass is 557 g/mol. The predicted molar refractivity (Wildman–Crippen MR) is 163 cm³/mol. The van der Waals surface area contributed by atoms with Crippen LogP contribution in [0, 0.1) is 24.1 Å². The number of carbonyl (C=O) groups excluding carboxylic acids is 2. The molecule has 0 bridgehead atoms. The number of rotatable bonds is 6. The number of nitrogens with one attached hydrogen (secondary N) is 2. The number of piperidine rings is 1. The van der Waals surface area contributed by atoms with Crippen LogP contribution in [0.2, 0.25) is 0 Å². The lowest BCUT2D eigenvalue weighted by molar-refractivity contribution is -0.127. The van der Waals surface area contributed by atoms with E-state index in [-0.39, 0.29) is 22.8 Å². The van der Waals surface area contributed by atoms with Crippen LogP contribution >= 0.6 is 0 Å². The summed E-state index contributed by atoms with van der Waals surface area (Å²) >= 11 is 0. The lowest BCUT2D eigenvalue weighted by Crippen LogP contribution is -2.48. The third-order valence-corrected chi connectivity index (χ3v) is 8.90. The first-order valence-corrected chi connectivity index (χ1v) is 15.3. The smallest absolute Gasteiger partial charge is 0.257 e. The van der Waals surface area contributed by atoms with E-state index >= 15 is 0 Å². The zero-order valence-electron chi connectivity index (χ0n) is 24.9. The van der Waals surface area contributed by atoms with E-state index in [1.165, 1.54) is 37.3 Å². The van der Waals surface area contributed by atoms with Gasteiger partial charge in [0.2, 0.25) is 5.91 Å². The number of benzene rings is 2. The molecule has 1 saturated heterocycles. The maximum atomic E-state index is 15.0. The predicted octanol–water partition coefficient (Wildman–Crippen LogP) is 7.85. The van der Waals surface area contributed by atoms with Crippen LogP contribution < -0.4 is 10.6 Å². The van der Waals surface area contributed by atoms with E-state index < -0.39 is 17.8 Å². The van der Waals surface area contributed by atoms with E-state index in [0.29, 0.717) is 31.0 Å². The molecule has 2 fully saturated rings. The number of amides is 2. The Kier molecular flexibility index (Phi) is 8.67. The van der Waals surface area contributed by atoms with Gasteiger partial charge >= 0.3 is 0 Å². The molecule has 1 unspecified atom stereocenters. The quantitative estimate of drug-likeness (QED) is 0.380. The van der Waals surface area contributed by atoms with Crippen molar-refractivity contribution in [2.24, 2.45) is 11.3 Å². The number of halogens is 1. The summed E-state index contributed by atoms with van der Waals surface area (Å²) in [5, 5.41) is 6.86. The molecule has 0 spiro atoms. The topological polar surface area (TPSA) is 61.4 Å². The van der Waals surface area contributed by atoms with Crippen LogP contribution in [0.25, 0.3) is 0 Å². The highest BCUT2D eigenvalue weighted by Crippen LogP contribution is 2.39. The number of nitrogens with zero attached hydrogens (tertiary/aromatic N) is 1. The molecule has 2 aromatic rings. The second-order valence-corrected chi connectivity index (χ2v) is 13.0. The molecule has 0 radical (unpaired) electrons. The third kappa shape index (κ3) is 6.58. The molecule has 6 heteroatoms. The third-order valence-electron chi connectivity index (χ3n) is 8.90. The summed E-state index contributed by atoms with van der Waals surface area (Å²) in [5.41, 5.74) is 4.78. The maximum Gasteiger partial charge on any atom is 0.257 e. The van der Waals surface area contributed by atoms with Crippen LogP contribution in [0.1, 0.15) is 99.7 Å². The molecule has 218 valence electrons. The van der Waals surface area contributed by atoms with Crippen molar-refractivity contribution < 1.29 is 14.0 Å². The first kappa shape index (κ1) is 29.1. The molecular formula is C35H44FN3O2. The molecule has 1 saturated carbocycles. The standard InChI is InChI=1S/C35H44FN3O2/c1-23-10-7-16-30(36)31(23)34(41)39-21-9-15-29(33(40)38-28-14-8-11-25(22-28)35(2,3)4)32(39)24-17-19-27(20-18-24)37-26-12-5-6-13-26/h7,10-11,16-20,22,26,29,32,37H,5-6,8-9,12-15,21H2,1-4H3,(H,38,40)/t29?,32-/m0/s1. The highest BCUT2D eigenvalue weighted by atomic mass is 19.1. The van der Waals surface area contributed by atoms with Crippen molar-refractivity contribution in [2.75, 3.05) is 11.9 Å². The molecule has 0 aromatic heterocycles. The fourth-order valence-electron chi connectivity index (χ4n) is 6.61. The van der Waals surface area contributed by atoms with Gasteiger partial charge in [-0.2, -0.15) is 0 Å². The Morgan fingerprint density at radius 1 is 0.976 bits per heavy atom. The number of anilines is 1. The van der Waals surface area contributed by atoms with Crippen LogP contribution in [-0.4, -0.2) is 29.3 Å². The summed E-state index contributed by atoms with van der Waals surface area (Å²) in [5.74, 6) is -1.40. The van der Waals surface area contributed by atoms with Gasteiger partial charge < -0.3 is 15.5 Å². The van der Waals surface area contributed by atoms with Crippen LogP contribution in [-0.2, 0) is 4.79 Å². The molecule has 2 N–H and O–H groups in total. The van der Waals surface area contributed by atoms with Gasteiger partial charge in [0.05, 0.1) is 17.5 Å². The number of allylic oxidation sites excluding steroid dienone is 4. The van der Waals surface area contributed by atoms with Crippen molar-refractivity contribution in [2.45, 2.75) is 91.1 Å². The van der Waals surface area contributed by atoms with Crippen LogP contribution in [0.5, 0.6) is 0 Å². The first-order valence-electron chi connectivity index (χ1n) is 15.3. The summed E-state index contributed by atoms with van der Waals surface area (Å²) in [6.07, 6.45) is 12.2. The Morgan fingerprint density at radius 2 is 1.71 bits per heavy atom. The van der Waals surface area contributed by atoms with Crippen molar-refractivity contribution in [3.05, 3.63) is 88.4 Å². The molecule has 2 aliphatic carbocycles. The average molecular weight is 558 g/mol. The molecule has 2 amide bonds. The van der Waals surface area contributed by atoms with Crippen molar-refractivity contribution in [3.8, 4) is 0 Å². The van der Waals surface area contributed by atoms with E-state index in [4.69, 9.17) is 0 Å². The zero-order valence-corrected chi connectivity index (χ0v) is 24.9. The van der Waals surface area contributed by atoms with Crippen LogP contribution in [0.3, 0.4) is 0 Å². The highest BCUT2D eigenvalue weighted by Gasteiger charge is 2.41. The van der Waals surface area contributed by atoms with E-state index in [1.54, 1.807) is 24.0 Å². The van der Waals surface area contributed by atoms with Crippen molar-refractivity contribution >= 4 is 17.5 Å². The average Bonchev–Trinajstić information content (AvgIpc) is 3.46. The van der Waals surface area contributed by atoms with E-state index in [1.807, 2.05) is 12.1 Å². The van der Waals surface area contributed by atoms with Crippen molar-refractivity contribution in [1.82, 2.24) is 10.2 Å². The van der Waals surface area contributed by atoms with Gasteiger partial charge in [0, 0.05) is 24.0 Å². The molecule has 1 heterocycles. The molecule has 2 atom stereocenters. The Bertz CT molecular complexity index is 1310. The minimum absolute atomic E-state index is 0.00111. The molecule has 1 aliphatic heterocycles. The van der Waals surface area contributed by atoms with Gasteiger partial charge in [-0.15, -0.1) is 0 Å². The summed E-state index contributed by atoms with van der Waals surface area (Å²) in [6.45, 7) is 8.77. The minimum atomic E-state index is -0.523. The SMILES string of the molecule is Cc1cccc(F)c1C(=O)N1CCCC(C(=O)NC2=CC(C(C)(C)C)=CCC2)[C@@H]1c1ccc(NC2CCCC2)cc1. The van der Waals surface area contributed by atoms with Gasteiger partial charge in [0.1, 0.15) is 5.82 Å². The van der Waals surface area contributed by atoms with Crippen molar-refractivity contribution in [3.63, 3.8) is 0 Å². The Labute approximate surface area is 244 Å². The summed E-state index contributed by atoms with van der Waals surface area (Å²) in [6, 6.07) is 12.9. The molecule has 5 nitrogen and oxygen atoms in total. The second kappa shape index (κ2) is 12.2. The zero-order chi connectivity index (χ0) is 29.1. The van der Waals surface area contributed by atoms with Gasteiger partial charge in [-0.25, -0.2) is 4.39 Å². The van der Waals surface area contributed by atoms with Gasteiger partial charge in [0.15, 0.2) is 0 Å². The fourth-order valence-corrected chi connectivity index (χ4v) is 6.61. The second-order valence-electron chi connectivity index (χ2n) is 13.0. The molecular weight excluding hydrogens is 513 g/mol. The molecule has 5 rings (SSSR count). The maximum absolute atomic E-state index is 15.0. The van der Waals surface area contributed by atoms with Crippen LogP contribution in [0.4, 0.5) is 10.1 Å². The van der Waals surface area contributed by atoms with Gasteiger partial charge in [-0.05, 0) is 91.8 Å². The number of carbonyl (C=O) groups is 2. The lowest BCUT2D eigenvalue weighted by atomic mass is 9.82. The molecule has 41 heavy (non-hydrogen) atoms. The normalized spacial score (nSPS) is 21.7. The Balaban J connectivity index is 1.45. The molecule has 2 aromatic carbocycles.